The van der Waals surface area contributed by atoms with E-state index in [1.807, 2.05) is 6.92 Å². The lowest BCUT2D eigenvalue weighted by atomic mass is 10.1. The van der Waals surface area contributed by atoms with Crippen molar-refractivity contribution >= 4 is 35.2 Å². The Kier molecular flexibility index (Phi) is 3.91. The molecule has 1 saturated heterocycles. The van der Waals surface area contributed by atoms with E-state index in [4.69, 9.17) is 26.4 Å². The van der Waals surface area contributed by atoms with Crippen LogP contribution >= 0.6 is 12.2 Å². The lowest BCUT2D eigenvalue weighted by molar-refractivity contribution is -0.128. The zero-order valence-electron chi connectivity index (χ0n) is 12.5. The van der Waals surface area contributed by atoms with Crippen LogP contribution in [0.25, 0.3) is 6.08 Å². The van der Waals surface area contributed by atoms with Crippen molar-refractivity contribution < 1.29 is 23.8 Å². The van der Waals surface area contributed by atoms with Gasteiger partial charge < -0.3 is 14.2 Å². The van der Waals surface area contributed by atoms with Gasteiger partial charge in [0, 0.05) is 18.7 Å². The van der Waals surface area contributed by atoms with Crippen molar-refractivity contribution in [3.63, 3.8) is 0 Å². The number of hydrogen-bond donors (Lipinski definition) is 1. The molecule has 0 aliphatic carbocycles. The Morgan fingerprint density at radius 3 is 2.74 bits per heavy atom. The third kappa shape index (κ3) is 2.72. The highest BCUT2D eigenvalue weighted by Gasteiger charge is 2.31. The summed E-state index contributed by atoms with van der Waals surface area (Å²) in [4.78, 5) is 25.5. The van der Waals surface area contributed by atoms with Gasteiger partial charge in [-0.25, -0.2) is 0 Å². The predicted octanol–water partition coefficient (Wildman–Crippen LogP) is 1.07. The molecule has 0 aromatic heterocycles. The molecule has 0 saturated carbocycles. The lowest BCUT2D eigenvalue weighted by Gasteiger charge is -2.25. The quantitative estimate of drug-likeness (QED) is 0.506. The summed E-state index contributed by atoms with van der Waals surface area (Å²) in [5.74, 6) is 0.582. The third-order valence-electron chi connectivity index (χ3n) is 3.41. The minimum absolute atomic E-state index is 0.0269. The summed E-state index contributed by atoms with van der Waals surface area (Å²) in [6, 6.07) is 3.35. The van der Waals surface area contributed by atoms with Crippen molar-refractivity contribution in [2.75, 3.05) is 20.4 Å². The van der Waals surface area contributed by atoms with Gasteiger partial charge in [-0.1, -0.05) is 0 Å². The molecule has 8 heteroatoms. The zero-order chi connectivity index (χ0) is 16.6. The van der Waals surface area contributed by atoms with Gasteiger partial charge in [0.1, 0.15) is 11.3 Å². The Bertz CT molecular complexity index is 744. The summed E-state index contributed by atoms with van der Waals surface area (Å²) in [6.45, 7) is 2.39. The first-order valence-electron chi connectivity index (χ1n) is 6.92. The van der Waals surface area contributed by atoms with E-state index in [2.05, 4.69) is 5.32 Å². The number of likely N-dealkylation sites (N-methyl/N-ethyl adjacent to an activating group) is 1. The van der Waals surface area contributed by atoms with Crippen LogP contribution in [0.5, 0.6) is 17.2 Å². The molecule has 0 atom stereocenters. The molecular formula is C15H14N2O5S. The van der Waals surface area contributed by atoms with Crippen LogP contribution < -0.4 is 19.5 Å². The van der Waals surface area contributed by atoms with Gasteiger partial charge in [-0.2, -0.15) is 0 Å². The van der Waals surface area contributed by atoms with E-state index in [0.717, 1.165) is 0 Å². The Morgan fingerprint density at radius 1 is 1.35 bits per heavy atom. The molecule has 2 aliphatic heterocycles. The van der Waals surface area contributed by atoms with E-state index in [1.54, 1.807) is 12.1 Å². The number of rotatable bonds is 3. The minimum Gasteiger partial charge on any atom is -0.493 e. The number of thiocarbonyl (C=S) groups is 1. The maximum atomic E-state index is 12.3. The van der Waals surface area contributed by atoms with Gasteiger partial charge in [-0.15, -0.1) is 0 Å². The van der Waals surface area contributed by atoms with Gasteiger partial charge in [0.25, 0.3) is 11.8 Å². The van der Waals surface area contributed by atoms with Crippen LogP contribution in [0.2, 0.25) is 0 Å². The highest BCUT2D eigenvalue weighted by atomic mass is 32.1. The number of carbonyl (C=O) groups excluding carboxylic acids is 2. The summed E-state index contributed by atoms with van der Waals surface area (Å²) in [6.07, 6.45) is 1.46. The molecule has 1 aromatic rings. The van der Waals surface area contributed by atoms with Crippen LogP contribution in [0.4, 0.5) is 0 Å². The van der Waals surface area contributed by atoms with Crippen LogP contribution in [0.3, 0.4) is 0 Å². The maximum absolute atomic E-state index is 12.3. The van der Waals surface area contributed by atoms with E-state index in [1.165, 1.54) is 18.0 Å². The van der Waals surface area contributed by atoms with Crippen LogP contribution in [0.1, 0.15) is 12.5 Å². The number of benzene rings is 1. The van der Waals surface area contributed by atoms with E-state index in [0.29, 0.717) is 29.4 Å². The van der Waals surface area contributed by atoms with Gasteiger partial charge >= 0.3 is 0 Å². The highest BCUT2D eigenvalue weighted by Crippen LogP contribution is 2.39. The molecular weight excluding hydrogens is 320 g/mol. The number of ether oxygens (including phenoxy) is 3. The molecule has 0 unspecified atom stereocenters. The van der Waals surface area contributed by atoms with E-state index < -0.39 is 11.8 Å². The molecule has 2 aliphatic rings. The number of hydrogen-bond acceptors (Lipinski definition) is 6. The van der Waals surface area contributed by atoms with E-state index in [9.17, 15) is 9.59 Å². The second-order valence-electron chi connectivity index (χ2n) is 4.86. The second-order valence-corrected chi connectivity index (χ2v) is 5.24. The molecule has 7 nitrogen and oxygen atoms in total. The molecule has 2 heterocycles. The highest BCUT2D eigenvalue weighted by molar-refractivity contribution is 7.80. The average molecular weight is 334 g/mol. The fourth-order valence-corrected chi connectivity index (χ4v) is 2.41. The normalized spacial score (nSPS) is 18.4. The van der Waals surface area contributed by atoms with E-state index in [-0.39, 0.29) is 17.5 Å². The van der Waals surface area contributed by atoms with Crippen LogP contribution in [-0.2, 0) is 9.59 Å². The summed E-state index contributed by atoms with van der Waals surface area (Å²) < 4.78 is 16.2. The van der Waals surface area contributed by atoms with Crippen LogP contribution in [0.15, 0.2) is 17.7 Å². The largest absolute Gasteiger partial charge is 0.493 e. The van der Waals surface area contributed by atoms with Crippen LogP contribution in [0, 0.1) is 0 Å². The average Bonchev–Trinajstić information content (AvgIpc) is 2.97. The number of carbonyl (C=O) groups is 2. The van der Waals surface area contributed by atoms with Gasteiger partial charge in [0.15, 0.2) is 16.6 Å². The Morgan fingerprint density at radius 2 is 2.04 bits per heavy atom. The van der Waals surface area contributed by atoms with Crippen LogP contribution in [-0.4, -0.2) is 42.3 Å². The SMILES string of the molecule is CCOc1cc2c(cc1/C=C1\C(=O)NC(=S)N(C)C1=O)OCO2. The summed E-state index contributed by atoms with van der Waals surface area (Å²) in [5, 5.41) is 2.54. The van der Waals surface area contributed by atoms with E-state index >= 15 is 0 Å². The van der Waals surface area contributed by atoms with Gasteiger partial charge in [-0.05, 0) is 31.3 Å². The topological polar surface area (TPSA) is 77.1 Å². The smallest absolute Gasteiger partial charge is 0.265 e. The molecule has 0 spiro atoms. The maximum Gasteiger partial charge on any atom is 0.265 e. The van der Waals surface area contributed by atoms with Crippen molar-refractivity contribution in [1.82, 2.24) is 10.2 Å². The monoisotopic (exact) mass is 334 g/mol. The molecule has 2 amide bonds. The van der Waals surface area contributed by atoms with Crippen molar-refractivity contribution in [1.29, 1.82) is 0 Å². The molecule has 1 N–H and O–H groups in total. The Balaban J connectivity index is 2.05. The first-order chi connectivity index (χ1) is 11.0. The minimum atomic E-state index is -0.543. The summed E-state index contributed by atoms with van der Waals surface area (Å²) >= 11 is 4.92. The predicted molar refractivity (Wildman–Crippen MR) is 85.2 cm³/mol. The van der Waals surface area contributed by atoms with Gasteiger partial charge in [0.2, 0.25) is 6.79 Å². The third-order valence-corrected chi connectivity index (χ3v) is 3.79. The molecule has 23 heavy (non-hydrogen) atoms. The Hall–Kier alpha value is -2.61. The molecule has 3 rings (SSSR count). The first kappa shape index (κ1) is 15.3. The summed E-state index contributed by atoms with van der Waals surface area (Å²) in [7, 11) is 1.50. The Labute approximate surface area is 137 Å². The number of fused-ring (bicyclic) bond motifs is 1. The molecule has 1 fully saturated rings. The number of nitrogens with zero attached hydrogens (tertiary/aromatic N) is 1. The van der Waals surface area contributed by atoms with Crippen molar-refractivity contribution in [2.24, 2.45) is 0 Å². The number of amides is 2. The molecule has 0 bridgehead atoms. The lowest BCUT2D eigenvalue weighted by Crippen LogP contribution is -2.52. The second kappa shape index (κ2) is 5.88. The molecule has 1 aromatic carbocycles. The van der Waals surface area contributed by atoms with Crippen molar-refractivity contribution in [2.45, 2.75) is 6.92 Å². The zero-order valence-corrected chi connectivity index (χ0v) is 13.4. The van der Waals surface area contributed by atoms with Gasteiger partial charge in [0.05, 0.1) is 6.61 Å². The van der Waals surface area contributed by atoms with Gasteiger partial charge in [-0.3, -0.25) is 19.8 Å². The van der Waals surface area contributed by atoms with Crippen molar-refractivity contribution in [3.05, 3.63) is 23.3 Å². The van der Waals surface area contributed by atoms with Crippen molar-refractivity contribution in [3.8, 4) is 17.2 Å². The molecule has 120 valence electrons. The standard InChI is InChI=1S/C15H14N2O5S/c1-3-20-10-6-12-11(21-7-22-12)5-8(10)4-9-13(18)16-15(23)17(2)14(9)19/h4-6H,3,7H2,1-2H3,(H,16,18,23)/b9-4+. The molecule has 0 radical (unpaired) electrons. The fourth-order valence-electron chi connectivity index (χ4n) is 2.23. The number of nitrogens with one attached hydrogen (secondary N) is 1. The first-order valence-corrected chi connectivity index (χ1v) is 7.33. The summed E-state index contributed by atoms with van der Waals surface area (Å²) in [5.41, 5.74) is 0.525. The fraction of sp³-hybridized carbons (Fsp3) is 0.267.